The zero-order valence-electron chi connectivity index (χ0n) is 17.2. The number of benzene rings is 1. The molecule has 0 saturated heterocycles. The lowest BCUT2D eigenvalue weighted by atomic mass is 9.85. The van der Waals surface area contributed by atoms with Crippen molar-refractivity contribution in [3.8, 4) is 22.8 Å². The quantitative estimate of drug-likeness (QED) is 0.566. The minimum Gasteiger partial charge on any atom is -0.394 e. The molecule has 29 heavy (non-hydrogen) atoms. The summed E-state index contributed by atoms with van der Waals surface area (Å²) in [5, 5.41) is 22.2. The van der Waals surface area contributed by atoms with Crippen LogP contribution in [0.25, 0.3) is 33.9 Å². The van der Waals surface area contributed by atoms with Crippen molar-refractivity contribution in [2.45, 2.75) is 45.6 Å². The molecule has 1 aromatic carbocycles. The van der Waals surface area contributed by atoms with Crippen LogP contribution in [0, 0.1) is 0 Å². The minimum absolute atomic E-state index is 0.0382. The molecule has 8 heteroatoms. The lowest BCUT2D eigenvalue weighted by molar-refractivity contribution is 0.154. The van der Waals surface area contributed by atoms with Crippen LogP contribution in [0.4, 0.5) is 0 Å². The van der Waals surface area contributed by atoms with Crippen LogP contribution in [-0.2, 0) is 11.0 Å². The first kappa shape index (κ1) is 19.2. The van der Waals surface area contributed by atoms with Gasteiger partial charge < -0.3 is 9.63 Å². The highest BCUT2D eigenvalue weighted by Gasteiger charge is 2.24. The highest BCUT2D eigenvalue weighted by molar-refractivity contribution is 5.80. The van der Waals surface area contributed by atoms with E-state index in [1.807, 2.05) is 44.3 Å². The molecule has 0 unspecified atom stereocenters. The maximum absolute atomic E-state index is 9.62. The summed E-state index contributed by atoms with van der Waals surface area (Å²) in [6, 6.07) is 7.58. The van der Waals surface area contributed by atoms with Crippen molar-refractivity contribution in [3.05, 3.63) is 42.2 Å². The van der Waals surface area contributed by atoms with E-state index in [0.717, 1.165) is 22.2 Å². The largest absolute Gasteiger partial charge is 0.394 e. The number of hydrogen-bond donors (Lipinski definition) is 1. The van der Waals surface area contributed by atoms with Gasteiger partial charge >= 0.3 is 0 Å². The highest BCUT2D eigenvalue weighted by Crippen LogP contribution is 2.32. The fourth-order valence-corrected chi connectivity index (χ4v) is 3.21. The summed E-state index contributed by atoms with van der Waals surface area (Å²) in [7, 11) is 0. The molecule has 0 atom stereocenters. The molecule has 1 N–H and O–H groups in total. The molecule has 3 heterocycles. The molecule has 0 aliphatic heterocycles. The minimum atomic E-state index is -0.541. The number of aromatic nitrogens is 6. The third-order valence-corrected chi connectivity index (χ3v) is 4.95. The molecule has 0 saturated carbocycles. The Kier molecular flexibility index (Phi) is 4.46. The van der Waals surface area contributed by atoms with E-state index in [2.05, 4.69) is 46.2 Å². The van der Waals surface area contributed by atoms with Gasteiger partial charge in [-0.15, -0.1) is 5.10 Å². The first-order chi connectivity index (χ1) is 13.7. The predicted octanol–water partition coefficient (Wildman–Crippen LogP) is 3.57. The van der Waals surface area contributed by atoms with Gasteiger partial charge in [-0.3, -0.25) is 4.98 Å². The van der Waals surface area contributed by atoms with Gasteiger partial charge in [0.15, 0.2) is 0 Å². The molecule has 0 bridgehead atoms. The van der Waals surface area contributed by atoms with Gasteiger partial charge in [0.1, 0.15) is 5.52 Å². The Morgan fingerprint density at radius 2 is 1.90 bits per heavy atom. The van der Waals surface area contributed by atoms with Gasteiger partial charge in [0.25, 0.3) is 5.89 Å². The highest BCUT2D eigenvalue weighted by atomic mass is 16.5. The molecule has 0 aliphatic rings. The van der Waals surface area contributed by atoms with Gasteiger partial charge in [-0.25, -0.2) is 4.68 Å². The van der Waals surface area contributed by atoms with Crippen LogP contribution in [0.5, 0.6) is 0 Å². The van der Waals surface area contributed by atoms with Gasteiger partial charge in [-0.05, 0) is 49.1 Å². The molecule has 0 amide bonds. The van der Waals surface area contributed by atoms with Gasteiger partial charge in [0.2, 0.25) is 5.82 Å². The number of pyridine rings is 1. The van der Waals surface area contributed by atoms with E-state index in [9.17, 15) is 5.11 Å². The Bertz CT molecular complexity index is 1170. The first-order valence-electron chi connectivity index (χ1n) is 9.46. The lowest BCUT2D eigenvalue weighted by Gasteiger charge is -2.22. The topological polar surface area (TPSA) is 103 Å². The normalized spacial score (nSPS) is 12.6. The zero-order chi connectivity index (χ0) is 20.8. The Hall–Kier alpha value is -3.13. The van der Waals surface area contributed by atoms with Crippen molar-refractivity contribution < 1.29 is 9.63 Å². The number of aliphatic hydroxyl groups is 1. The maximum Gasteiger partial charge on any atom is 0.258 e. The molecular formula is C21H24N6O2. The SMILES string of the molecule is CC(C)(C)c1cnccc1-c1nc(-c2ccc3c(c2)nnn3C(C)(C)CO)no1. The van der Waals surface area contributed by atoms with Crippen LogP contribution in [0.15, 0.2) is 41.2 Å². The number of hydrogen-bond acceptors (Lipinski definition) is 7. The molecule has 4 aromatic rings. The van der Waals surface area contributed by atoms with Crippen LogP contribution >= 0.6 is 0 Å². The van der Waals surface area contributed by atoms with Crippen LogP contribution < -0.4 is 0 Å². The van der Waals surface area contributed by atoms with Crippen LogP contribution in [0.3, 0.4) is 0 Å². The maximum atomic E-state index is 9.62. The fourth-order valence-electron chi connectivity index (χ4n) is 3.21. The predicted molar refractivity (Wildman–Crippen MR) is 109 cm³/mol. The van der Waals surface area contributed by atoms with E-state index in [4.69, 9.17) is 4.52 Å². The molecular weight excluding hydrogens is 368 g/mol. The second kappa shape index (κ2) is 6.73. The smallest absolute Gasteiger partial charge is 0.258 e. The standard InChI is InChI=1S/C21H24N6O2/c1-20(2,3)15-11-22-9-8-14(15)19-23-18(25-29-19)13-6-7-17-16(10-13)24-26-27(17)21(4,5)12-28/h6-11,28H,12H2,1-5H3. The third-order valence-electron chi connectivity index (χ3n) is 4.95. The average Bonchev–Trinajstić information content (AvgIpc) is 3.34. The summed E-state index contributed by atoms with van der Waals surface area (Å²) in [6.45, 7) is 10.1. The van der Waals surface area contributed by atoms with Crippen molar-refractivity contribution in [2.75, 3.05) is 6.61 Å². The number of fused-ring (bicyclic) bond motifs is 1. The van der Waals surface area contributed by atoms with Gasteiger partial charge in [0, 0.05) is 23.5 Å². The van der Waals surface area contributed by atoms with Gasteiger partial charge in [-0.2, -0.15) is 4.98 Å². The van der Waals surface area contributed by atoms with Crippen LogP contribution in [-0.4, -0.2) is 41.8 Å². The Balaban J connectivity index is 1.74. The van der Waals surface area contributed by atoms with Crippen LogP contribution in [0.2, 0.25) is 0 Å². The number of aliphatic hydroxyl groups excluding tert-OH is 1. The van der Waals surface area contributed by atoms with E-state index in [1.54, 1.807) is 10.9 Å². The Labute approximate surface area is 168 Å². The summed E-state index contributed by atoms with van der Waals surface area (Å²) >= 11 is 0. The van der Waals surface area contributed by atoms with Crippen LogP contribution in [0.1, 0.15) is 40.2 Å². The molecule has 8 nitrogen and oxygen atoms in total. The summed E-state index contributed by atoms with van der Waals surface area (Å²) in [4.78, 5) is 8.84. The zero-order valence-corrected chi connectivity index (χ0v) is 17.2. The molecule has 3 aromatic heterocycles. The molecule has 4 rings (SSSR count). The number of nitrogens with zero attached hydrogens (tertiary/aromatic N) is 6. The van der Waals surface area contributed by atoms with Crippen molar-refractivity contribution in [3.63, 3.8) is 0 Å². The Morgan fingerprint density at radius 1 is 1.10 bits per heavy atom. The van der Waals surface area contributed by atoms with E-state index < -0.39 is 5.54 Å². The third kappa shape index (κ3) is 3.40. The molecule has 0 aliphatic carbocycles. The van der Waals surface area contributed by atoms with E-state index in [1.165, 1.54) is 0 Å². The second-order valence-electron chi connectivity index (χ2n) is 8.77. The van der Waals surface area contributed by atoms with Crippen molar-refractivity contribution in [1.82, 2.24) is 30.1 Å². The molecule has 150 valence electrons. The van der Waals surface area contributed by atoms with Crippen molar-refractivity contribution in [1.29, 1.82) is 0 Å². The van der Waals surface area contributed by atoms with E-state index in [0.29, 0.717) is 17.2 Å². The molecule has 0 spiro atoms. The monoisotopic (exact) mass is 392 g/mol. The number of rotatable bonds is 4. The summed E-state index contributed by atoms with van der Waals surface area (Å²) in [5.74, 6) is 0.937. The van der Waals surface area contributed by atoms with Crippen molar-refractivity contribution in [2.24, 2.45) is 0 Å². The van der Waals surface area contributed by atoms with E-state index >= 15 is 0 Å². The van der Waals surface area contributed by atoms with Gasteiger partial charge in [-0.1, -0.05) is 31.1 Å². The summed E-state index contributed by atoms with van der Waals surface area (Å²) in [6.07, 6.45) is 3.56. The molecule has 0 radical (unpaired) electrons. The van der Waals surface area contributed by atoms with E-state index in [-0.39, 0.29) is 12.0 Å². The second-order valence-corrected chi connectivity index (χ2v) is 8.77. The first-order valence-corrected chi connectivity index (χ1v) is 9.46. The fraction of sp³-hybridized carbons (Fsp3) is 0.381. The van der Waals surface area contributed by atoms with Crippen molar-refractivity contribution >= 4 is 11.0 Å². The summed E-state index contributed by atoms with van der Waals surface area (Å²) < 4.78 is 7.29. The lowest BCUT2D eigenvalue weighted by Crippen LogP contribution is -2.31. The average molecular weight is 392 g/mol. The molecule has 0 fully saturated rings. The van der Waals surface area contributed by atoms with Gasteiger partial charge in [0.05, 0.1) is 17.7 Å². The summed E-state index contributed by atoms with van der Waals surface area (Å²) in [5.41, 5.74) is 3.60. The Morgan fingerprint density at radius 3 is 2.62 bits per heavy atom.